The number of aromatic carboxylic acids is 1. The maximum atomic E-state index is 11.1. The molecule has 5 nitrogen and oxygen atoms in total. The first-order chi connectivity index (χ1) is 7.74. The summed E-state index contributed by atoms with van der Waals surface area (Å²) in [6.45, 7) is 0. The van der Waals surface area contributed by atoms with Crippen LogP contribution in [0.25, 0.3) is 5.69 Å². The van der Waals surface area contributed by atoms with Gasteiger partial charge in [0.05, 0.1) is 16.8 Å². The lowest BCUT2D eigenvalue weighted by Gasteiger charge is -2.07. The van der Waals surface area contributed by atoms with Crippen LogP contribution in [0.3, 0.4) is 0 Å². The highest BCUT2D eigenvalue weighted by Crippen LogP contribution is 2.18. The molecule has 2 rings (SSSR count). The second-order valence-corrected chi connectivity index (χ2v) is 2.99. The Labute approximate surface area is 91.4 Å². The lowest BCUT2D eigenvalue weighted by atomic mass is 10.1. The number of benzene rings is 1. The Kier molecular flexibility index (Phi) is 2.40. The second kappa shape index (κ2) is 3.87. The molecule has 78 valence electrons. The third kappa shape index (κ3) is 1.53. The van der Waals surface area contributed by atoms with Gasteiger partial charge in [-0.25, -0.2) is 14.5 Å². The second-order valence-electron chi connectivity index (χ2n) is 2.99. The fraction of sp³-hybridized carbons (Fsp3) is 0. The molecule has 0 amide bonds. The quantitative estimate of drug-likeness (QED) is 0.754. The largest absolute Gasteiger partial charge is 0.478 e. The highest BCUT2D eigenvalue weighted by atomic mass is 16.4. The summed E-state index contributed by atoms with van der Waals surface area (Å²) in [5.41, 5.74) is 0.918. The van der Waals surface area contributed by atoms with Crippen LogP contribution in [0.4, 0.5) is 0 Å². The Hall–Kier alpha value is -2.61. The third-order valence-electron chi connectivity index (χ3n) is 2.07. The van der Waals surface area contributed by atoms with E-state index in [9.17, 15) is 4.79 Å². The molecule has 0 aliphatic carbocycles. The van der Waals surface area contributed by atoms with E-state index in [1.165, 1.54) is 23.4 Å². The van der Waals surface area contributed by atoms with Crippen molar-refractivity contribution in [1.29, 1.82) is 0 Å². The van der Waals surface area contributed by atoms with Gasteiger partial charge >= 0.3 is 5.97 Å². The van der Waals surface area contributed by atoms with Crippen molar-refractivity contribution in [1.82, 2.24) is 14.8 Å². The number of carboxylic acid groups (broad SMARTS) is 1. The number of carbonyl (C=O) groups is 1. The molecule has 2 aromatic rings. The number of rotatable bonds is 2. The molecule has 16 heavy (non-hydrogen) atoms. The summed E-state index contributed by atoms with van der Waals surface area (Å²) in [7, 11) is 0. The average molecular weight is 213 g/mol. The Bertz CT molecular complexity index is 567. The summed E-state index contributed by atoms with van der Waals surface area (Å²) in [4.78, 5) is 14.8. The Morgan fingerprint density at radius 2 is 2.31 bits per heavy atom. The third-order valence-corrected chi connectivity index (χ3v) is 2.07. The number of nitrogens with zero attached hydrogens (tertiary/aromatic N) is 3. The number of hydrogen-bond donors (Lipinski definition) is 1. The van der Waals surface area contributed by atoms with Crippen LogP contribution >= 0.6 is 0 Å². The maximum Gasteiger partial charge on any atom is 0.337 e. The van der Waals surface area contributed by atoms with Crippen molar-refractivity contribution in [3.63, 3.8) is 0 Å². The van der Waals surface area contributed by atoms with Crippen LogP contribution in [0.2, 0.25) is 0 Å². The van der Waals surface area contributed by atoms with Crippen molar-refractivity contribution in [2.75, 3.05) is 0 Å². The fourth-order valence-corrected chi connectivity index (χ4v) is 1.40. The lowest BCUT2D eigenvalue weighted by Crippen LogP contribution is -2.08. The molecule has 0 spiro atoms. The first kappa shape index (κ1) is 9.93. The van der Waals surface area contributed by atoms with Crippen molar-refractivity contribution in [3.05, 3.63) is 42.0 Å². The van der Waals surface area contributed by atoms with E-state index >= 15 is 0 Å². The Morgan fingerprint density at radius 1 is 1.50 bits per heavy atom. The van der Waals surface area contributed by atoms with Gasteiger partial charge in [-0.3, -0.25) is 0 Å². The molecule has 0 aliphatic heterocycles. The Morgan fingerprint density at radius 3 is 2.88 bits per heavy atom. The van der Waals surface area contributed by atoms with Crippen molar-refractivity contribution in [2.45, 2.75) is 0 Å². The highest BCUT2D eigenvalue weighted by Gasteiger charge is 2.15. The number of hydrogen-bond acceptors (Lipinski definition) is 3. The first-order valence-corrected chi connectivity index (χ1v) is 4.42. The summed E-state index contributed by atoms with van der Waals surface area (Å²) in [5, 5.41) is 12.9. The maximum absolute atomic E-state index is 11.1. The summed E-state index contributed by atoms with van der Waals surface area (Å²) >= 11 is 0. The monoisotopic (exact) mass is 213 g/mol. The van der Waals surface area contributed by atoms with Crippen LogP contribution in [-0.2, 0) is 0 Å². The minimum absolute atomic E-state index is 0.0981. The van der Waals surface area contributed by atoms with Crippen LogP contribution in [0, 0.1) is 12.3 Å². The van der Waals surface area contributed by atoms with Crippen LogP contribution in [0.5, 0.6) is 0 Å². The van der Waals surface area contributed by atoms with Crippen molar-refractivity contribution in [3.8, 4) is 18.0 Å². The highest BCUT2D eigenvalue weighted by molar-refractivity contribution is 5.93. The van der Waals surface area contributed by atoms with Crippen LogP contribution < -0.4 is 0 Å². The van der Waals surface area contributed by atoms with E-state index < -0.39 is 5.97 Å². The summed E-state index contributed by atoms with van der Waals surface area (Å²) in [6.07, 6.45) is 8.05. The van der Waals surface area contributed by atoms with E-state index in [4.69, 9.17) is 11.5 Å². The molecule has 0 bridgehead atoms. The van der Waals surface area contributed by atoms with Gasteiger partial charge < -0.3 is 5.11 Å². The van der Waals surface area contributed by atoms with E-state index in [0.29, 0.717) is 11.3 Å². The fourth-order valence-electron chi connectivity index (χ4n) is 1.40. The van der Waals surface area contributed by atoms with Gasteiger partial charge in [-0.15, -0.1) is 6.42 Å². The zero-order valence-corrected chi connectivity index (χ0v) is 8.16. The predicted octanol–water partition coefficient (Wildman–Crippen LogP) is 0.947. The minimum atomic E-state index is -1.05. The number of terminal acetylenes is 1. The minimum Gasteiger partial charge on any atom is -0.478 e. The number of aromatic nitrogens is 3. The molecular formula is C11H7N3O2. The molecule has 1 heterocycles. The van der Waals surface area contributed by atoms with Crippen LogP contribution in [-0.4, -0.2) is 25.8 Å². The Balaban J connectivity index is 2.75. The molecule has 1 aromatic carbocycles. The molecule has 0 saturated carbocycles. The molecule has 0 fully saturated rings. The molecule has 5 heteroatoms. The van der Waals surface area contributed by atoms with E-state index in [2.05, 4.69) is 16.0 Å². The van der Waals surface area contributed by atoms with Crippen LogP contribution in [0.1, 0.15) is 15.9 Å². The molecule has 0 aliphatic rings. The SMILES string of the molecule is C#Cc1cccc(C(=O)O)c1-n1cncn1. The van der Waals surface area contributed by atoms with E-state index in [1.807, 2.05) is 0 Å². The summed E-state index contributed by atoms with van der Waals surface area (Å²) in [6, 6.07) is 4.72. The normalized spacial score (nSPS) is 9.69. The van der Waals surface area contributed by atoms with Gasteiger partial charge in [0.15, 0.2) is 0 Å². The van der Waals surface area contributed by atoms with Gasteiger partial charge in [0.25, 0.3) is 0 Å². The standard InChI is InChI=1S/C11H7N3O2/c1-2-8-4-3-5-9(11(15)16)10(8)14-7-12-6-13-14/h1,3-7H,(H,15,16). The average Bonchev–Trinajstić information content (AvgIpc) is 2.81. The van der Waals surface area contributed by atoms with Gasteiger partial charge in [-0.1, -0.05) is 12.0 Å². The van der Waals surface area contributed by atoms with Gasteiger partial charge in [-0.05, 0) is 12.1 Å². The molecule has 1 N–H and O–H groups in total. The van der Waals surface area contributed by atoms with Gasteiger partial charge in [-0.2, -0.15) is 5.10 Å². The van der Waals surface area contributed by atoms with E-state index in [-0.39, 0.29) is 5.56 Å². The smallest absolute Gasteiger partial charge is 0.337 e. The number of para-hydroxylation sites is 1. The van der Waals surface area contributed by atoms with E-state index in [1.54, 1.807) is 12.1 Å². The first-order valence-electron chi connectivity index (χ1n) is 4.42. The van der Waals surface area contributed by atoms with Crippen molar-refractivity contribution >= 4 is 5.97 Å². The summed E-state index contributed by atoms with van der Waals surface area (Å²) in [5.74, 6) is 1.37. The summed E-state index contributed by atoms with van der Waals surface area (Å²) < 4.78 is 1.35. The van der Waals surface area contributed by atoms with E-state index in [0.717, 1.165) is 0 Å². The van der Waals surface area contributed by atoms with Crippen molar-refractivity contribution < 1.29 is 9.90 Å². The topological polar surface area (TPSA) is 68.0 Å². The molecule has 0 atom stereocenters. The van der Waals surface area contributed by atoms with Gasteiger partial charge in [0.2, 0.25) is 0 Å². The zero-order chi connectivity index (χ0) is 11.5. The molecule has 0 saturated heterocycles. The van der Waals surface area contributed by atoms with Crippen molar-refractivity contribution in [2.24, 2.45) is 0 Å². The van der Waals surface area contributed by atoms with Crippen LogP contribution in [0.15, 0.2) is 30.9 Å². The molecular weight excluding hydrogens is 206 g/mol. The molecule has 1 aromatic heterocycles. The molecule has 0 unspecified atom stereocenters. The molecule has 0 radical (unpaired) electrons. The zero-order valence-electron chi connectivity index (χ0n) is 8.16. The number of carboxylic acids is 1. The lowest BCUT2D eigenvalue weighted by molar-refractivity contribution is 0.0696. The van der Waals surface area contributed by atoms with Gasteiger partial charge in [0.1, 0.15) is 12.7 Å². The predicted molar refractivity (Wildman–Crippen MR) is 56.3 cm³/mol. The van der Waals surface area contributed by atoms with Gasteiger partial charge in [0, 0.05) is 0 Å².